The third kappa shape index (κ3) is 3.48. The highest BCUT2D eigenvalue weighted by Gasteiger charge is 2.12. The number of carboxylic acids is 1. The van der Waals surface area contributed by atoms with E-state index in [1.54, 1.807) is 30.3 Å². The molecule has 3 aromatic carbocycles. The van der Waals surface area contributed by atoms with Crippen molar-refractivity contribution in [3.8, 4) is 11.3 Å². The Kier molecular flexibility index (Phi) is 4.60. The van der Waals surface area contributed by atoms with Crippen molar-refractivity contribution in [2.24, 2.45) is 0 Å². The number of aromatic carboxylic acids is 1. The van der Waals surface area contributed by atoms with E-state index in [4.69, 9.17) is 0 Å². The average molecular weight is 371 g/mol. The number of nitrogens with one attached hydrogen (secondary N) is 2. The van der Waals surface area contributed by atoms with Crippen molar-refractivity contribution in [2.45, 2.75) is 6.54 Å². The van der Waals surface area contributed by atoms with Gasteiger partial charge in [-0.15, -0.1) is 0 Å². The standard InChI is InChI=1S/C22H17N3O3/c26-21(15-6-2-1-3-7-15)23-13-14-5-4-8-16(11-14)20-18-12-17(22(27)28)9-10-19(18)24-25-20/h1-12H,13H2,(H,23,26)(H,24,25)(H,27,28). The number of rotatable bonds is 5. The van der Waals surface area contributed by atoms with Gasteiger partial charge >= 0.3 is 5.97 Å². The van der Waals surface area contributed by atoms with Crippen molar-refractivity contribution >= 4 is 22.8 Å². The summed E-state index contributed by atoms with van der Waals surface area (Å²) in [6, 6.07) is 21.6. The summed E-state index contributed by atoms with van der Waals surface area (Å²) in [7, 11) is 0. The molecule has 4 rings (SSSR count). The number of amides is 1. The van der Waals surface area contributed by atoms with Crippen LogP contribution in [0.15, 0.2) is 72.8 Å². The second-order valence-corrected chi connectivity index (χ2v) is 6.39. The molecule has 4 aromatic rings. The number of nitrogens with zero attached hydrogens (tertiary/aromatic N) is 1. The van der Waals surface area contributed by atoms with Gasteiger partial charge in [-0.05, 0) is 42.0 Å². The fourth-order valence-corrected chi connectivity index (χ4v) is 3.07. The summed E-state index contributed by atoms with van der Waals surface area (Å²) in [4.78, 5) is 23.5. The zero-order chi connectivity index (χ0) is 19.5. The van der Waals surface area contributed by atoms with Crippen LogP contribution in [0, 0.1) is 0 Å². The second kappa shape index (κ2) is 7.36. The maximum absolute atomic E-state index is 12.2. The Labute approximate surface area is 160 Å². The third-order valence-corrected chi connectivity index (χ3v) is 4.50. The molecule has 6 nitrogen and oxygen atoms in total. The molecule has 6 heteroatoms. The molecule has 0 unspecified atom stereocenters. The lowest BCUT2D eigenvalue weighted by molar-refractivity contribution is 0.0696. The van der Waals surface area contributed by atoms with Gasteiger partial charge in [-0.25, -0.2) is 4.79 Å². The average Bonchev–Trinajstić information content (AvgIpc) is 3.16. The summed E-state index contributed by atoms with van der Waals surface area (Å²) >= 11 is 0. The Balaban J connectivity index is 1.59. The van der Waals surface area contributed by atoms with Crippen molar-refractivity contribution in [1.82, 2.24) is 15.5 Å². The Morgan fingerprint density at radius 2 is 1.75 bits per heavy atom. The minimum absolute atomic E-state index is 0.137. The first kappa shape index (κ1) is 17.5. The Bertz CT molecular complexity index is 1170. The van der Waals surface area contributed by atoms with Crippen LogP contribution in [0.3, 0.4) is 0 Å². The predicted octanol–water partition coefficient (Wildman–Crippen LogP) is 3.86. The number of hydrogen-bond donors (Lipinski definition) is 3. The monoisotopic (exact) mass is 371 g/mol. The molecule has 0 aliphatic rings. The van der Waals surface area contributed by atoms with Gasteiger partial charge in [0.2, 0.25) is 0 Å². The van der Waals surface area contributed by atoms with Gasteiger partial charge in [-0.1, -0.05) is 36.4 Å². The molecule has 0 atom stereocenters. The second-order valence-electron chi connectivity index (χ2n) is 6.39. The molecule has 0 saturated carbocycles. The van der Waals surface area contributed by atoms with E-state index in [2.05, 4.69) is 15.5 Å². The van der Waals surface area contributed by atoms with Crippen LogP contribution in [0.25, 0.3) is 22.2 Å². The van der Waals surface area contributed by atoms with E-state index in [1.807, 2.05) is 42.5 Å². The van der Waals surface area contributed by atoms with E-state index in [1.165, 1.54) is 0 Å². The highest BCUT2D eigenvalue weighted by molar-refractivity contribution is 5.99. The van der Waals surface area contributed by atoms with E-state index in [-0.39, 0.29) is 11.5 Å². The molecule has 0 radical (unpaired) electrons. The minimum Gasteiger partial charge on any atom is -0.478 e. The van der Waals surface area contributed by atoms with E-state index >= 15 is 0 Å². The Hall–Kier alpha value is -3.93. The molecule has 0 bridgehead atoms. The number of aromatic amines is 1. The molecule has 0 aliphatic carbocycles. The highest BCUT2D eigenvalue weighted by atomic mass is 16.4. The van der Waals surface area contributed by atoms with E-state index in [9.17, 15) is 14.7 Å². The molecule has 0 aliphatic heterocycles. The fourth-order valence-electron chi connectivity index (χ4n) is 3.07. The van der Waals surface area contributed by atoms with E-state index in [0.717, 1.165) is 22.0 Å². The largest absolute Gasteiger partial charge is 0.478 e. The summed E-state index contributed by atoms with van der Waals surface area (Å²) in [6.45, 7) is 0.379. The van der Waals surface area contributed by atoms with Crippen LogP contribution in [0.2, 0.25) is 0 Å². The van der Waals surface area contributed by atoms with E-state index in [0.29, 0.717) is 17.8 Å². The third-order valence-electron chi connectivity index (χ3n) is 4.50. The van der Waals surface area contributed by atoms with Crippen molar-refractivity contribution in [3.63, 3.8) is 0 Å². The number of aromatic nitrogens is 2. The van der Waals surface area contributed by atoms with Gasteiger partial charge in [-0.2, -0.15) is 5.10 Å². The van der Waals surface area contributed by atoms with Gasteiger partial charge in [-0.3, -0.25) is 9.89 Å². The van der Waals surface area contributed by atoms with Crippen LogP contribution >= 0.6 is 0 Å². The van der Waals surface area contributed by atoms with E-state index < -0.39 is 5.97 Å². The number of benzene rings is 3. The molecule has 1 amide bonds. The Morgan fingerprint density at radius 1 is 0.929 bits per heavy atom. The molecule has 3 N–H and O–H groups in total. The van der Waals surface area contributed by atoms with Crippen molar-refractivity contribution in [1.29, 1.82) is 0 Å². The lowest BCUT2D eigenvalue weighted by atomic mass is 10.0. The first-order chi connectivity index (χ1) is 13.6. The smallest absolute Gasteiger partial charge is 0.335 e. The molecular formula is C22H17N3O3. The molecule has 1 heterocycles. The first-order valence-corrected chi connectivity index (χ1v) is 8.76. The minimum atomic E-state index is -0.980. The lowest BCUT2D eigenvalue weighted by Gasteiger charge is -2.07. The molecule has 0 spiro atoms. The molecule has 0 fully saturated rings. The molecule has 0 saturated heterocycles. The van der Waals surface area contributed by atoms with Crippen LogP contribution in [0.1, 0.15) is 26.3 Å². The number of carboxylic acid groups (broad SMARTS) is 1. The maximum Gasteiger partial charge on any atom is 0.335 e. The topological polar surface area (TPSA) is 95.1 Å². The SMILES string of the molecule is O=C(O)c1ccc2[nH]nc(-c3cccc(CNC(=O)c4ccccc4)c3)c2c1. The fraction of sp³-hybridized carbons (Fsp3) is 0.0455. The van der Waals surface area contributed by atoms with Gasteiger partial charge in [0.25, 0.3) is 5.91 Å². The predicted molar refractivity (Wildman–Crippen MR) is 106 cm³/mol. The van der Waals surface area contributed by atoms with Crippen molar-refractivity contribution in [2.75, 3.05) is 0 Å². The van der Waals surface area contributed by atoms with Gasteiger partial charge in [0, 0.05) is 23.1 Å². The Morgan fingerprint density at radius 3 is 2.54 bits per heavy atom. The molecule has 138 valence electrons. The normalized spacial score (nSPS) is 10.7. The summed E-state index contributed by atoms with van der Waals surface area (Å²) in [6.07, 6.45) is 0. The molecule has 1 aromatic heterocycles. The van der Waals surface area contributed by atoms with Crippen LogP contribution in [-0.2, 0) is 6.54 Å². The maximum atomic E-state index is 12.2. The number of hydrogen-bond acceptors (Lipinski definition) is 3. The molecular weight excluding hydrogens is 354 g/mol. The van der Waals surface area contributed by atoms with Crippen LogP contribution in [-0.4, -0.2) is 27.2 Å². The highest BCUT2D eigenvalue weighted by Crippen LogP contribution is 2.27. The van der Waals surface area contributed by atoms with Crippen LogP contribution in [0.5, 0.6) is 0 Å². The summed E-state index contributed by atoms with van der Waals surface area (Å²) in [5.41, 5.74) is 4.03. The number of carbonyl (C=O) groups is 2. The first-order valence-electron chi connectivity index (χ1n) is 8.76. The quantitative estimate of drug-likeness (QED) is 0.496. The van der Waals surface area contributed by atoms with Crippen molar-refractivity contribution < 1.29 is 14.7 Å². The number of carbonyl (C=O) groups excluding carboxylic acids is 1. The van der Waals surface area contributed by atoms with Gasteiger partial charge in [0.1, 0.15) is 0 Å². The number of fused-ring (bicyclic) bond motifs is 1. The van der Waals surface area contributed by atoms with Gasteiger partial charge in [0.15, 0.2) is 0 Å². The summed E-state index contributed by atoms with van der Waals surface area (Å²) in [5, 5.41) is 20.2. The summed E-state index contributed by atoms with van der Waals surface area (Å²) in [5.74, 6) is -1.12. The van der Waals surface area contributed by atoms with Crippen LogP contribution in [0.4, 0.5) is 0 Å². The van der Waals surface area contributed by atoms with Crippen molar-refractivity contribution in [3.05, 3.63) is 89.5 Å². The zero-order valence-electron chi connectivity index (χ0n) is 14.8. The zero-order valence-corrected chi connectivity index (χ0v) is 14.8. The van der Waals surface area contributed by atoms with Crippen LogP contribution < -0.4 is 5.32 Å². The molecule has 28 heavy (non-hydrogen) atoms. The van der Waals surface area contributed by atoms with Gasteiger partial charge in [0.05, 0.1) is 16.8 Å². The number of H-pyrrole nitrogens is 1. The lowest BCUT2D eigenvalue weighted by Crippen LogP contribution is -2.22. The summed E-state index contributed by atoms with van der Waals surface area (Å²) < 4.78 is 0. The van der Waals surface area contributed by atoms with Gasteiger partial charge < -0.3 is 10.4 Å².